The lowest BCUT2D eigenvalue weighted by Crippen LogP contribution is -2.40. The molecule has 0 bridgehead atoms. The molecule has 3 heterocycles. The van der Waals surface area contributed by atoms with Crippen LogP contribution >= 0.6 is 0 Å². The summed E-state index contributed by atoms with van der Waals surface area (Å²) < 4.78 is 10.7. The van der Waals surface area contributed by atoms with E-state index >= 15 is 0 Å². The predicted octanol–water partition coefficient (Wildman–Crippen LogP) is 2.15. The third-order valence-corrected chi connectivity index (χ3v) is 4.85. The Morgan fingerprint density at radius 1 is 1.36 bits per heavy atom. The average Bonchev–Trinajstić information content (AvgIpc) is 3.24. The normalized spacial score (nSPS) is 23.1. The molecular formula is C18H22N4O3. The van der Waals surface area contributed by atoms with Crippen LogP contribution in [0.3, 0.4) is 0 Å². The number of aromatic nitrogens is 2. The van der Waals surface area contributed by atoms with Gasteiger partial charge >= 0.3 is 0 Å². The number of aryl methyl sites for hydroxylation is 1. The van der Waals surface area contributed by atoms with Gasteiger partial charge in [0, 0.05) is 18.9 Å². The highest BCUT2D eigenvalue weighted by atomic mass is 16.5. The van der Waals surface area contributed by atoms with Gasteiger partial charge in [0.2, 0.25) is 11.8 Å². The second-order valence-corrected chi connectivity index (χ2v) is 6.60. The zero-order chi connectivity index (χ0) is 17.2. The van der Waals surface area contributed by atoms with E-state index in [2.05, 4.69) is 20.4 Å². The lowest BCUT2D eigenvalue weighted by atomic mass is 10.0. The molecule has 25 heavy (non-hydrogen) atoms. The standard InChI is InChI=1S/C18H22N4O3/c1-12-19-18(21-25-12)15-6-4-9-22(15)11-17(23)20-14-8-10-24-16-7-3-2-5-13(14)16/h2-3,5,7,14-15H,4,6,8-11H2,1H3,(H,20,23)/t14-,15-/m1/s1. The van der Waals surface area contributed by atoms with E-state index in [9.17, 15) is 4.79 Å². The highest BCUT2D eigenvalue weighted by Gasteiger charge is 2.32. The number of fused-ring (bicyclic) bond motifs is 1. The predicted molar refractivity (Wildman–Crippen MR) is 90.0 cm³/mol. The molecule has 0 aliphatic carbocycles. The minimum absolute atomic E-state index is 0.00548. The first kappa shape index (κ1) is 16.1. The number of likely N-dealkylation sites (tertiary alicyclic amines) is 1. The van der Waals surface area contributed by atoms with Crippen LogP contribution in [0.15, 0.2) is 28.8 Å². The Morgan fingerprint density at radius 2 is 2.24 bits per heavy atom. The maximum atomic E-state index is 12.6. The van der Waals surface area contributed by atoms with Crippen molar-refractivity contribution in [2.75, 3.05) is 19.7 Å². The monoisotopic (exact) mass is 342 g/mol. The van der Waals surface area contributed by atoms with Gasteiger partial charge in [-0.25, -0.2) is 0 Å². The highest BCUT2D eigenvalue weighted by molar-refractivity contribution is 5.78. The largest absolute Gasteiger partial charge is 0.493 e. The smallest absolute Gasteiger partial charge is 0.234 e. The molecule has 2 aliphatic rings. The van der Waals surface area contributed by atoms with Gasteiger partial charge in [0.1, 0.15) is 5.75 Å². The number of amides is 1. The van der Waals surface area contributed by atoms with Gasteiger partial charge in [0.25, 0.3) is 0 Å². The van der Waals surface area contributed by atoms with Crippen molar-refractivity contribution in [2.45, 2.75) is 38.3 Å². The summed E-state index contributed by atoms with van der Waals surface area (Å²) in [6, 6.07) is 7.95. The quantitative estimate of drug-likeness (QED) is 0.917. The molecule has 2 atom stereocenters. The summed E-state index contributed by atoms with van der Waals surface area (Å²) in [6.07, 6.45) is 2.77. The van der Waals surface area contributed by atoms with Crippen molar-refractivity contribution < 1.29 is 14.1 Å². The first-order valence-electron chi connectivity index (χ1n) is 8.76. The fourth-order valence-electron chi connectivity index (χ4n) is 3.67. The molecule has 2 aromatic rings. The van der Waals surface area contributed by atoms with Gasteiger partial charge in [-0.2, -0.15) is 4.98 Å². The molecule has 0 saturated carbocycles. The SMILES string of the molecule is Cc1nc([C@H]2CCCN2CC(=O)N[C@@H]2CCOc3ccccc32)no1. The van der Waals surface area contributed by atoms with Crippen molar-refractivity contribution in [1.82, 2.24) is 20.4 Å². The summed E-state index contributed by atoms with van der Waals surface area (Å²) in [5.74, 6) is 2.12. The van der Waals surface area contributed by atoms with E-state index in [0.29, 0.717) is 24.9 Å². The van der Waals surface area contributed by atoms with E-state index in [-0.39, 0.29) is 18.0 Å². The van der Waals surface area contributed by atoms with Crippen molar-refractivity contribution in [3.8, 4) is 5.75 Å². The molecule has 1 N–H and O–H groups in total. The summed E-state index contributed by atoms with van der Waals surface area (Å²) in [4.78, 5) is 19.1. The zero-order valence-corrected chi connectivity index (χ0v) is 14.3. The van der Waals surface area contributed by atoms with E-state index in [1.54, 1.807) is 6.92 Å². The molecule has 1 fully saturated rings. The molecule has 7 nitrogen and oxygen atoms in total. The van der Waals surface area contributed by atoms with Crippen LogP contribution in [0, 0.1) is 6.92 Å². The number of nitrogens with zero attached hydrogens (tertiary/aromatic N) is 3. The van der Waals surface area contributed by atoms with Crippen LogP contribution < -0.4 is 10.1 Å². The average molecular weight is 342 g/mol. The molecule has 132 valence electrons. The Labute approximate surface area is 146 Å². The number of rotatable bonds is 4. The lowest BCUT2D eigenvalue weighted by molar-refractivity contribution is -0.123. The van der Waals surface area contributed by atoms with Gasteiger partial charge in [-0.15, -0.1) is 0 Å². The van der Waals surface area contributed by atoms with Crippen LogP contribution in [0.2, 0.25) is 0 Å². The Balaban J connectivity index is 1.41. The van der Waals surface area contributed by atoms with Crippen molar-refractivity contribution in [1.29, 1.82) is 0 Å². The molecule has 1 aromatic heterocycles. The van der Waals surface area contributed by atoms with Crippen LogP contribution in [-0.2, 0) is 4.79 Å². The second-order valence-electron chi connectivity index (χ2n) is 6.60. The van der Waals surface area contributed by atoms with E-state index in [4.69, 9.17) is 9.26 Å². The second kappa shape index (κ2) is 6.84. The number of para-hydroxylation sites is 1. The minimum Gasteiger partial charge on any atom is -0.493 e. The molecule has 0 radical (unpaired) electrons. The van der Waals surface area contributed by atoms with Gasteiger partial charge in [-0.1, -0.05) is 23.4 Å². The molecule has 4 rings (SSSR count). The van der Waals surface area contributed by atoms with Crippen LogP contribution in [-0.4, -0.2) is 40.6 Å². The number of ether oxygens (including phenoxy) is 1. The first-order valence-corrected chi connectivity index (χ1v) is 8.76. The topological polar surface area (TPSA) is 80.5 Å². The van der Waals surface area contributed by atoms with Crippen molar-refractivity contribution in [3.05, 3.63) is 41.5 Å². The Hall–Kier alpha value is -2.41. The van der Waals surface area contributed by atoms with E-state index in [1.807, 2.05) is 24.3 Å². The number of carbonyl (C=O) groups is 1. The third-order valence-electron chi connectivity index (χ3n) is 4.85. The maximum absolute atomic E-state index is 12.6. The fraction of sp³-hybridized carbons (Fsp3) is 0.500. The molecular weight excluding hydrogens is 320 g/mol. The summed E-state index contributed by atoms with van der Waals surface area (Å²) in [7, 11) is 0. The zero-order valence-electron chi connectivity index (χ0n) is 14.3. The number of nitrogens with one attached hydrogen (secondary N) is 1. The van der Waals surface area contributed by atoms with Gasteiger partial charge in [0.05, 0.1) is 25.2 Å². The van der Waals surface area contributed by atoms with E-state index in [0.717, 1.165) is 37.1 Å². The lowest BCUT2D eigenvalue weighted by Gasteiger charge is -2.28. The third kappa shape index (κ3) is 3.37. The summed E-state index contributed by atoms with van der Waals surface area (Å²) in [5, 5.41) is 7.18. The fourth-order valence-corrected chi connectivity index (χ4v) is 3.67. The number of hydrogen-bond donors (Lipinski definition) is 1. The molecule has 7 heteroatoms. The first-order chi connectivity index (χ1) is 12.2. The molecule has 1 aromatic carbocycles. The van der Waals surface area contributed by atoms with E-state index < -0.39 is 0 Å². The van der Waals surface area contributed by atoms with Crippen molar-refractivity contribution >= 4 is 5.91 Å². The van der Waals surface area contributed by atoms with Crippen molar-refractivity contribution in [2.24, 2.45) is 0 Å². The molecule has 2 aliphatic heterocycles. The molecule has 1 saturated heterocycles. The van der Waals surface area contributed by atoms with Gasteiger partial charge in [-0.3, -0.25) is 9.69 Å². The Bertz CT molecular complexity index is 760. The van der Waals surface area contributed by atoms with Gasteiger partial charge < -0.3 is 14.6 Å². The molecule has 0 spiro atoms. The van der Waals surface area contributed by atoms with Gasteiger partial charge in [-0.05, 0) is 25.5 Å². The summed E-state index contributed by atoms with van der Waals surface area (Å²) >= 11 is 0. The number of carbonyl (C=O) groups excluding carboxylic acids is 1. The molecule has 1 amide bonds. The minimum atomic E-state index is 0.00548. The Kier molecular flexibility index (Phi) is 4.40. The summed E-state index contributed by atoms with van der Waals surface area (Å²) in [6.45, 7) is 3.62. The van der Waals surface area contributed by atoms with Crippen LogP contribution in [0.25, 0.3) is 0 Å². The highest BCUT2D eigenvalue weighted by Crippen LogP contribution is 2.32. The van der Waals surface area contributed by atoms with Gasteiger partial charge in [0.15, 0.2) is 5.82 Å². The summed E-state index contributed by atoms with van der Waals surface area (Å²) in [5.41, 5.74) is 1.05. The maximum Gasteiger partial charge on any atom is 0.234 e. The van der Waals surface area contributed by atoms with Crippen LogP contribution in [0.1, 0.15) is 48.6 Å². The number of benzene rings is 1. The van der Waals surface area contributed by atoms with Crippen molar-refractivity contribution in [3.63, 3.8) is 0 Å². The van der Waals surface area contributed by atoms with Crippen LogP contribution in [0.4, 0.5) is 0 Å². The van der Waals surface area contributed by atoms with Crippen LogP contribution in [0.5, 0.6) is 5.75 Å². The van der Waals surface area contributed by atoms with E-state index in [1.165, 1.54) is 0 Å². The Morgan fingerprint density at radius 3 is 3.08 bits per heavy atom. The number of hydrogen-bond acceptors (Lipinski definition) is 6. The molecule has 0 unspecified atom stereocenters.